The molecule has 0 aromatic carbocycles. The van der Waals surface area contributed by atoms with Gasteiger partial charge in [-0.25, -0.2) is 0 Å². The summed E-state index contributed by atoms with van der Waals surface area (Å²) in [4.78, 5) is 4.35. The fourth-order valence-corrected chi connectivity index (χ4v) is 1.62. The van der Waals surface area contributed by atoms with E-state index in [4.69, 9.17) is 14.2 Å². The Morgan fingerprint density at radius 2 is 2.05 bits per heavy atom. The van der Waals surface area contributed by atoms with Gasteiger partial charge in [0.05, 0.1) is 18.5 Å². The average molecular weight is 282 g/mol. The van der Waals surface area contributed by atoms with Gasteiger partial charge in [-0.05, 0) is 31.5 Å². The van der Waals surface area contributed by atoms with Crippen molar-refractivity contribution in [2.75, 3.05) is 40.1 Å². The van der Waals surface area contributed by atoms with Crippen molar-refractivity contribution in [1.29, 1.82) is 0 Å². The molecule has 0 aliphatic rings. The number of nitrogens with zero attached hydrogens (tertiary/aromatic N) is 1. The Hall–Kier alpha value is -1.17. The molecule has 20 heavy (non-hydrogen) atoms. The lowest BCUT2D eigenvalue weighted by atomic mass is 10.3. The first-order valence-corrected chi connectivity index (χ1v) is 7.22. The van der Waals surface area contributed by atoms with Crippen LogP contribution in [0.25, 0.3) is 0 Å². The highest BCUT2D eigenvalue weighted by atomic mass is 16.5. The van der Waals surface area contributed by atoms with Gasteiger partial charge < -0.3 is 19.5 Å². The van der Waals surface area contributed by atoms with E-state index in [9.17, 15) is 0 Å². The first-order valence-electron chi connectivity index (χ1n) is 7.22. The van der Waals surface area contributed by atoms with Crippen LogP contribution < -0.4 is 10.1 Å². The summed E-state index contributed by atoms with van der Waals surface area (Å²) in [5.74, 6) is 0.782. The van der Waals surface area contributed by atoms with Crippen molar-refractivity contribution in [2.45, 2.75) is 26.3 Å². The maximum atomic E-state index is 5.55. The van der Waals surface area contributed by atoms with Crippen LogP contribution in [0.2, 0.25) is 0 Å². The molecule has 5 nitrogen and oxygen atoms in total. The SMILES string of the molecule is CCCNCc1ccc(OCCOCCCOC)cn1. The van der Waals surface area contributed by atoms with Crippen LogP contribution in [0.3, 0.4) is 0 Å². The number of aromatic nitrogens is 1. The molecule has 0 aliphatic heterocycles. The zero-order valence-electron chi connectivity index (χ0n) is 12.6. The largest absolute Gasteiger partial charge is 0.490 e. The number of hydrogen-bond acceptors (Lipinski definition) is 5. The molecule has 0 aliphatic carbocycles. The predicted molar refractivity (Wildman–Crippen MR) is 79.0 cm³/mol. The quantitative estimate of drug-likeness (QED) is 0.594. The second-order valence-electron chi connectivity index (χ2n) is 4.47. The highest BCUT2D eigenvalue weighted by Crippen LogP contribution is 2.08. The number of pyridine rings is 1. The van der Waals surface area contributed by atoms with Crippen molar-refractivity contribution < 1.29 is 14.2 Å². The van der Waals surface area contributed by atoms with Gasteiger partial charge in [0.2, 0.25) is 0 Å². The van der Waals surface area contributed by atoms with E-state index >= 15 is 0 Å². The van der Waals surface area contributed by atoms with Gasteiger partial charge in [-0.1, -0.05) is 6.92 Å². The van der Waals surface area contributed by atoms with Gasteiger partial charge in [-0.15, -0.1) is 0 Å². The Labute approximate surface area is 121 Å². The second-order valence-corrected chi connectivity index (χ2v) is 4.47. The molecule has 0 radical (unpaired) electrons. The normalized spacial score (nSPS) is 10.7. The smallest absolute Gasteiger partial charge is 0.137 e. The zero-order valence-corrected chi connectivity index (χ0v) is 12.6. The van der Waals surface area contributed by atoms with Crippen molar-refractivity contribution in [3.05, 3.63) is 24.0 Å². The summed E-state index contributed by atoms with van der Waals surface area (Å²) in [6.45, 7) is 6.53. The van der Waals surface area contributed by atoms with Crippen molar-refractivity contribution in [1.82, 2.24) is 10.3 Å². The fraction of sp³-hybridized carbons (Fsp3) is 0.667. The molecule has 1 aromatic heterocycles. The second kappa shape index (κ2) is 11.6. The minimum absolute atomic E-state index is 0.544. The zero-order chi connectivity index (χ0) is 14.5. The summed E-state index contributed by atoms with van der Waals surface area (Å²) in [6.07, 6.45) is 3.80. The Morgan fingerprint density at radius 3 is 2.75 bits per heavy atom. The Balaban J connectivity index is 2.08. The molecule has 0 amide bonds. The average Bonchev–Trinajstić information content (AvgIpc) is 2.48. The van der Waals surface area contributed by atoms with E-state index in [0.717, 1.165) is 44.0 Å². The molecule has 1 heterocycles. The van der Waals surface area contributed by atoms with Gasteiger partial charge in [0, 0.05) is 26.9 Å². The van der Waals surface area contributed by atoms with Gasteiger partial charge in [0.25, 0.3) is 0 Å². The van der Waals surface area contributed by atoms with Crippen molar-refractivity contribution >= 4 is 0 Å². The molecule has 0 fully saturated rings. The molecule has 0 atom stereocenters. The van der Waals surface area contributed by atoms with Crippen molar-refractivity contribution in [3.8, 4) is 5.75 Å². The molecule has 5 heteroatoms. The molecular formula is C15H26N2O3. The first kappa shape index (κ1) is 16.9. The van der Waals surface area contributed by atoms with Gasteiger partial charge >= 0.3 is 0 Å². The third kappa shape index (κ3) is 8.09. The molecule has 1 aromatic rings. The maximum absolute atomic E-state index is 5.55. The minimum Gasteiger partial charge on any atom is -0.490 e. The lowest BCUT2D eigenvalue weighted by Crippen LogP contribution is -2.14. The monoisotopic (exact) mass is 282 g/mol. The number of hydrogen-bond donors (Lipinski definition) is 1. The van der Waals surface area contributed by atoms with Crippen LogP contribution in [-0.2, 0) is 16.0 Å². The summed E-state index contributed by atoms with van der Waals surface area (Å²) in [5, 5.41) is 3.31. The van der Waals surface area contributed by atoms with Crippen molar-refractivity contribution in [2.24, 2.45) is 0 Å². The van der Waals surface area contributed by atoms with E-state index < -0.39 is 0 Å². The van der Waals surface area contributed by atoms with E-state index in [-0.39, 0.29) is 0 Å². The van der Waals surface area contributed by atoms with E-state index in [0.29, 0.717) is 19.8 Å². The molecular weight excluding hydrogens is 256 g/mol. The molecule has 0 unspecified atom stereocenters. The molecule has 0 saturated heterocycles. The first-order chi connectivity index (χ1) is 9.86. The molecule has 0 bridgehead atoms. The summed E-state index contributed by atoms with van der Waals surface area (Å²) in [5.41, 5.74) is 1.03. The van der Waals surface area contributed by atoms with Gasteiger partial charge in [0.15, 0.2) is 0 Å². The molecule has 0 spiro atoms. The third-order valence-electron chi connectivity index (χ3n) is 2.66. The topological polar surface area (TPSA) is 52.6 Å². The number of nitrogens with one attached hydrogen (secondary N) is 1. The van der Waals surface area contributed by atoms with Gasteiger partial charge in [0.1, 0.15) is 12.4 Å². The van der Waals surface area contributed by atoms with E-state index in [1.807, 2.05) is 12.1 Å². The summed E-state index contributed by atoms with van der Waals surface area (Å²) >= 11 is 0. The van der Waals surface area contributed by atoms with Crippen LogP contribution in [0.15, 0.2) is 18.3 Å². The van der Waals surface area contributed by atoms with Gasteiger partial charge in [-0.3, -0.25) is 4.98 Å². The van der Waals surface area contributed by atoms with Crippen LogP contribution in [0.1, 0.15) is 25.5 Å². The molecule has 1 rings (SSSR count). The van der Waals surface area contributed by atoms with Crippen molar-refractivity contribution in [3.63, 3.8) is 0 Å². The van der Waals surface area contributed by atoms with Crippen LogP contribution in [0, 0.1) is 0 Å². The molecule has 114 valence electrons. The Bertz CT molecular complexity index is 330. The van der Waals surface area contributed by atoms with Crippen LogP contribution in [0.4, 0.5) is 0 Å². The predicted octanol–water partition coefficient (Wildman–Crippen LogP) is 2.01. The standard InChI is InChI=1S/C15H26N2O3/c1-3-7-16-12-14-5-6-15(13-17-14)20-11-10-19-9-4-8-18-2/h5-6,13,16H,3-4,7-12H2,1-2H3. The maximum Gasteiger partial charge on any atom is 0.137 e. The van der Waals surface area contributed by atoms with Crippen LogP contribution in [0.5, 0.6) is 5.75 Å². The lowest BCUT2D eigenvalue weighted by molar-refractivity contribution is 0.0805. The minimum atomic E-state index is 0.544. The summed E-state index contributed by atoms with van der Waals surface area (Å²) < 4.78 is 15.9. The Morgan fingerprint density at radius 1 is 1.15 bits per heavy atom. The van der Waals surface area contributed by atoms with Crippen LogP contribution >= 0.6 is 0 Å². The lowest BCUT2D eigenvalue weighted by Gasteiger charge is -2.08. The van der Waals surface area contributed by atoms with E-state index in [1.165, 1.54) is 0 Å². The fourth-order valence-electron chi connectivity index (χ4n) is 1.62. The number of rotatable bonds is 12. The third-order valence-corrected chi connectivity index (χ3v) is 2.66. The molecule has 0 saturated carbocycles. The Kier molecular flexibility index (Phi) is 9.83. The molecule has 1 N–H and O–H groups in total. The van der Waals surface area contributed by atoms with E-state index in [2.05, 4.69) is 17.2 Å². The summed E-state index contributed by atoms with van der Waals surface area (Å²) in [6, 6.07) is 3.93. The van der Waals surface area contributed by atoms with Gasteiger partial charge in [-0.2, -0.15) is 0 Å². The summed E-state index contributed by atoms with van der Waals surface area (Å²) in [7, 11) is 1.69. The highest BCUT2D eigenvalue weighted by molar-refractivity contribution is 5.19. The van der Waals surface area contributed by atoms with E-state index in [1.54, 1.807) is 13.3 Å². The highest BCUT2D eigenvalue weighted by Gasteiger charge is 1.97. The van der Waals surface area contributed by atoms with Crippen LogP contribution in [-0.4, -0.2) is 45.1 Å². The number of methoxy groups -OCH3 is 1. The number of ether oxygens (including phenoxy) is 3.